The van der Waals surface area contributed by atoms with E-state index in [2.05, 4.69) is 10.1 Å². The minimum absolute atomic E-state index is 0.331. The van der Waals surface area contributed by atoms with E-state index >= 15 is 0 Å². The molecule has 2 rings (SSSR count). The Morgan fingerprint density at radius 1 is 1.50 bits per heavy atom. The van der Waals surface area contributed by atoms with Crippen molar-refractivity contribution in [2.45, 2.75) is 52.0 Å². The lowest BCUT2D eigenvalue weighted by Crippen LogP contribution is -2.13. The second-order valence-electron chi connectivity index (χ2n) is 4.44. The van der Waals surface area contributed by atoms with Crippen LogP contribution >= 0.6 is 0 Å². The Morgan fingerprint density at radius 2 is 2.25 bits per heavy atom. The molecule has 0 amide bonds. The van der Waals surface area contributed by atoms with Crippen molar-refractivity contribution in [3.63, 3.8) is 0 Å². The molecule has 0 atom stereocenters. The lowest BCUT2D eigenvalue weighted by atomic mass is 9.99. The predicted octanol–water partition coefficient (Wildman–Crippen LogP) is 1.99. The van der Waals surface area contributed by atoms with Gasteiger partial charge in [0.25, 0.3) is 0 Å². The van der Waals surface area contributed by atoms with Crippen LogP contribution in [0, 0.1) is 5.92 Å². The fraction of sp³-hybridized carbons (Fsp3) is 0.750. The molecule has 88 valence electrons. The third-order valence-electron chi connectivity index (χ3n) is 3.40. The van der Waals surface area contributed by atoms with Crippen LogP contribution in [0.2, 0.25) is 0 Å². The third kappa shape index (κ3) is 2.49. The predicted molar refractivity (Wildman–Crippen MR) is 61.0 cm³/mol. The van der Waals surface area contributed by atoms with Gasteiger partial charge in [-0.2, -0.15) is 5.10 Å². The zero-order chi connectivity index (χ0) is 11.4. The maximum atomic E-state index is 11.9. The van der Waals surface area contributed by atoms with Gasteiger partial charge in [-0.05, 0) is 19.8 Å². The molecule has 16 heavy (non-hydrogen) atoms. The van der Waals surface area contributed by atoms with Gasteiger partial charge in [-0.25, -0.2) is 4.98 Å². The molecule has 1 aliphatic rings. The molecule has 4 heteroatoms. The second-order valence-corrected chi connectivity index (χ2v) is 4.44. The van der Waals surface area contributed by atoms with Crippen LogP contribution in [0.4, 0.5) is 0 Å². The van der Waals surface area contributed by atoms with Crippen LogP contribution in [-0.4, -0.2) is 20.5 Å². The average molecular weight is 221 g/mol. The molecular formula is C12H19N3O. The summed E-state index contributed by atoms with van der Waals surface area (Å²) in [5, 5.41) is 4.10. The van der Waals surface area contributed by atoms with Crippen LogP contribution in [0.25, 0.3) is 0 Å². The summed E-state index contributed by atoms with van der Waals surface area (Å²) in [7, 11) is 0. The highest BCUT2D eigenvalue weighted by Gasteiger charge is 2.22. The highest BCUT2D eigenvalue weighted by atomic mass is 16.1. The molecule has 0 N–H and O–H groups in total. The number of hydrogen-bond acceptors (Lipinski definition) is 3. The highest BCUT2D eigenvalue weighted by molar-refractivity contribution is 5.81. The molecule has 0 bridgehead atoms. The lowest BCUT2D eigenvalue weighted by Gasteiger charge is -2.07. The Hall–Kier alpha value is -1.19. The smallest absolute Gasteiger partial charge is 0.138 e. The van der Waals surface area contributed by atoms with Crippen molar-refractivity contribution in [1.29, 1.82) is 0 Å². The number of nitrogens with zero attached hydrogens (tertiary/aromatic N) is 3. The normalized spacial score (nSPS) is 16.8. The van der Waals surface area contributed by atoms with Crippen LogP contribution in [0.3, 0.4) is 0 Å². The Morgan fingerprint density at radius 3 is 2.94 bits per heavy atom. The number of carbonyl (C=O) groups is 1. The van der Waals surface area contributed by atoms with Crippen molar-refractivity contribution in [2.24, 2.45) is 5.92 Å². The van der Waals surface area contributed by atoms with E-state index in [4.69, 9.17) is 0 Å². The van der Waals surface area contributed by atoms with Crippen molar-refractivity contribution < 1.29 is 4.79 Å². The third-order valence-corrected chi connectivity index (χ3v) is 3.40. The van der Waals surface area contributed by atoms with Gasteiger partial charge in [-0.3, -0.25) is 9.48 Å². The zero-order valence-electron chi connectivity index (χ0n) is 9.85. The topological polar surface area (TPSA) is 47.8 Å². The molecule has 0 unspecified atom stereocenters. The molecule has 0 spiro atoms. The van der Waals surface area contributed by atoms with Gasteiger partial charge >= 0.3 is 0 Å². The SMILES string of the molecule is CCn1ncnc1CCC(=O)C1CCCC1. The summed E-state index contributed by atoms with van der Waals surface area (Å²) in [6.07, 6.45) is 7.58. The Kier molecular flexibility index (Phi) is 3.70. The zero-order valence-corrected chi connectivity index (χ0v) is 9.85. The van der Waals surface area contributed by atoms with Gasteiger partial charge in [-0.1, -0.05) is 12.8 Å². The van der Waals surface area contributed by atoms with E-state index in [0.717, 1.165) is 31.6 Å². The van der Waals surface area contributed by atoms with E-state index < -0.39 is 0 Å². The van der Waals surface area contributed by atoms with E-state index in [0.29, 0.717) is 18.1 Å². The van der Waals surface area contributed by atoms with E-state index in [1.807, 2.05) is 11.6 Å². The number of rotatable bonds is 5. The van der Waals surface area contributed by atoms with Gasteiger partial charge in [0.2, 0.25) is 0 Å². The quantitative estimate of drug-likeness (QED) is 0.764. The maximum absolute atomic E-state index is 11.9. The molecule has 1 fully saturated rings. The summed E-state index contributed by atoms with van der Waals surface area (Å²) >= 11 is 0. The number of carbonyl (C=O) groups excluding carboxylic acids is 1. The highest BCUT2D eigenvalue weighted by Crippen LogP contribution is 2.26. The largest absolute Gasteiger partial charge is 0.299 e. The molecule has 4 nitrogen and oxygen atoms in total. The first-order chi connectivity index (χ1) is 7.81. The fourth-order valence-corrected chi connectivity index (χ4v) is 2.43. The summed E-state index contributed by atoms with van der Waals surface area (Å²) in [5.41, 5.74) is 0. The van der Waals surface area contributed by atoms with Gasteiger partial charge in [-0.15, -0.1) is 0 Å². The molecule has 1 saturated carbocycles. The van der Waals surface area contributed by atoms with Crippen molar-refractivity contribution in [1.82, 2.24) is 14.8 Å². The number of ketones is 1. The summed E-state index contributed by atoms with van der Waals surface area (Å²) in [6.45, 7) is 2.87. The molecular weight excluding hydrogens is 202 g/mol. The summed E-state index contributed by atoms with van der Waals surface area (Å²) in [4.78, 5) is 16.1. The van der Waals surface area contributed by atoms with Crippen molar-refractivity contribution in [3.05, 3.63) is 12.2 Å². The molecule has 0 saturated heterocycles. The molecule has 1 aromatic rings. The minimum Gasteiger partial charge on any atom is -0.299 e. The number of hydrogen-bond donors (Lipinski definition) is 0. The number of aromatic nitrogens is 3. The average Bonchev–Trinajstić information content (AvgIpc) is 2.96. The first kappa shape index (κ1) is 11.3. The molecule has 0 aliphatic heterocycles. The van der Waals surface area contributed by atoms with Gasteiger partial charge in [0.1, 0.15) is 17.9 Å². The summed E-state index contributed by atoms with van der Waals surface area (Å²) in [6, 6.07) is 0. The summed E-state index contributed by atoms with van der Waals surface area (Å²) in [5.74, 6) is 1.69. The molecule has 0 radical (unpaired) electrons. The van der Waals surface area contributed by atoms with Crippen LogP contribution in [0.1, 0.15) is 44.9 Å². The van der Waals surface area contributed by atoms with Crippen LogP contribution in [0.15, 0.2) is 6.33 Å². The van der Waals surface area contributed by atoms with E-state index in [9.17, 15) is 4.79 Å². The Labute approximate surface area is 96.1 Å². The van der Waals surface area contributed by atoms with Crippen LogP contribution < -0.4 is 0 Å². The number of Topliss-reactive ketones (excluding diaryl/α,β-unsaturated/α-hetero) is 1. The molecule has 1 aliphatic carbocycles. The Balaban J connectivity index is 1.84. The molecule has 1 heterocycles. The van der Waals surface area contributed by atoms with E-state index in [-0.39, 0.29) is 0 Å². The molecule has 1 aromatic heterocycles. The van der Waals surface area contributed by atoms with Crippen molar-refractivity contribution in [2.75, 3.05) is 0 Å². The van der Waals surface area contributed by atoms with Gasteiger partial charge in [0, 0.05) is 25.3 Å². The van der Waals surface area contributed by atoms with Crippen molar-refractivity contribution in [3.8, 4) is 0 Å². The van der Waals surface area contributed by atoms with Gasteiger partial charge in [0.15, 0.2) is 0 Å². The monoisotopic (exact) mass is 221 g/mol. The van der Waals surface area contributed by atoms with Crippen LogP contribution in [0.5, 0.6) is 0 Å². The molecule has 0 aromatic carbocycles. The second kappa shape index (κ2) is 5.23. The van der Waals surface area contributed by atoms with Crippen molar-refractivity contribution >= 4 is 5.78 Å². The Bertz CT molecular complexity index is 353. The lowest BCUT2D eigenvalue weighted by molar-refractivity contribution is -0.122. The van der Waals surface area contributed by atoms with E-state index in [1.165, 1.54) is 12.8 Å². The fourth-order valence-electron chi connectivity index (χ4n) is 2.43. The number of aryl methyl sites for hydroxylation is 2. The minimum atomic E-state index is 0.331. The standard InChI is InChI=1S/C12H19N3O/c1-2-15-12(13-9-14-15)8-7-11(16)10-5-3-4-6-10/h9-10H,2-8H2,1H3. The summed E-state index contributed by atoms with van der Waals surface area (Å²) < 4.78 is 1.86. The van der Waals surface area contributed by atoms with Gasteiger partial charge < -0.3 is 0 Å². The van der Waals surface area contributed by atoms with Gasteiger partial charge in [0.05, 0.1) is 0 Å². The first-order valence-electron chi connectivity index (χ1n) is 6.20. The first-order valence-corrected chi connectivity index (χ1v) is 6.20. The maximum Gasteiger partial charge on any atom is 0.138 e. The van der Waals surface area contributed by atoms with E-state index in [1.54, 1.807) is 6.33 Å². The van der Waals surface area contributed by atoms with Crippen LogP contribution in [-0.2, 0) is 17.8 Å².